The Morgan fingerprint density at radius 2 is 1.82 bits per heavy atom. The van der Waals surface area contributed by atoms with E-state index >= 15 is 0 Å². The molecule has 1 fully saturated rings. The molecule has 0 aromatic heterocycles. The quantitative estimate of drug-likeness (QED) is 0.627. The fraction of sp³-hybridized carbons (Fsp3) is 0.818. The lowest BCUT2D eigenvalue weighted by Crippen LogP contribution is -2.49. The molecule has 0 atom stereocenters. The van der Waals surface area contributed by atoms with Gasteiger partial charge in [-0.2, -0.15) is 0 Å². The Bertz CT molecular complexity index is 296. The molecule has 3 amide bonds. The summed E-state index contributed by atoms with van der Waals surface area (Å²) in [6.45, 7) is 5.54. The van der Waals surface area contributed by atoms with Gasteiger partial charge in [-0.1, -0.05) is 0 Å². The Labute approximate surface area is 102 Å². The van der Waals surface area contributed by atoms with Crippen LogP contribution in [0.2, 0.25) is 0 Å². The third-order valence-electron chi connectivity index (χ3n) is 3.31. The smallest absolute Gasteiger partial charge is 0.314 e. The molecule has 1 rings (SSSR count). The Morgan fingerprint density at radius 1 is 1.29 bits per heavy atom. The number of rotatable bonds is 4. The van der Waals surface area contributed by atoms with Crippen molar-refractivity contribution in [2.45, 2.75) is 32.7 Å². The average molecular weight is 242 g/mol. The van der Waals surface area contributed by atoms with E-state index in [4.69, 9.17) is 11.5 Å². The molecule has 0 radical (unpaired) electrons. The topological polar surface area (TPSA) is 101 Å². The van der Waals surface area contributed by atoms with Crippen LogP contribution >= 0.6 is 0 Å². The van der Waals surface area contributed by atoms with Crippen LogP contribution in [0.4, 0.5) is 4.79 Å². The first kappa shape index (κ1) is 13.8. The highest BCUT2D eigenvalue weighted by atomic mass is 16.2. The summed E-state index contributed by atoms with van der Waals surface area (Å²) in [4.78, 5) is 23.7. The molecule has 1 aliphatic heterocycles. The van der Waals surface area contributed by atoms with Gasteiger partial charge in [0.25, 0.3) is 0 Å². The summed E-state index contributed by atoms with van der Waals surface area (Å²) < 4.78 is 0. The van der Waals surface area contributed by atoms with Crippen molar-refractivity contribution in [3.8, 4) is 0 Å². The van der Waals surface area contributed by atoms with Crippen LogP contribution in [-0.2, 0) is 4.79 Å². The molecular formula is C11H22N4O2. The zero-order valence-electron chi connectivity index (χ0n) is 10.5. The van der Waals surface area contributed by atoms with Gasteiger partial charge >= 0.3 is 6.03 Å². The zero-order chi connectivity index (χ0) is 13.1. The number of urea groups is 1. The molecule has 0 aliphatic carbocycles. The summed E-state index contributed by atoms with van der Waals surface area (Å²) in [5.41, 5.74) is 9.96. The van der Waals surface area contributed by atoms with Gasteiger partial charge in [-0.3, -0.25) is 4.79 Å². The van der Waals surface area contributed by atoms with Crippen LogP contribution in [0.5, 0.6) is 0 Å². The molecule has 1 heterocycles. The number of hydrogen-bond donors (Lipinski definition) is 3. The minimum absolute atomic E-state index is 0.306. The molecule has 98 valence electrons. The minimum atomic E-state index is -0.541. The third kappa shape index (κ3) is 3.89. The summed E-state index contributed by atoms with van der Waals surface area (Å²) in [7, 11) is 0. The number of amides is 3. The van der Waals surface area contributed by atoms with Crippen molar-refractivity contribution in [3.63, 3.8) is 0 Å². The summed E-state index contributed by atoms with van der Waals surface area (Å²) in [5, 5.41) is 3.32. The lowest BCUT2D eigenvalue weighted by Gasteiger charge is -2.33. The molecule has 0 aromatic carbocycles. The van der Waals surface area contributed by atoms with Crippen molar-refractivity contribution in [1.82, 2.24) is 10.2 Å². The number of likely N-dealkylation sites (tertiary alicyclic amines) is 1. The van der Waals surface area contributed by atoms with Crippen LogP contribution in [0.3, 0.4) is 0 Å². The van der Waals surface area contributed by atoms with E-state index in [0.717, 1.165) is 12.8 Å². The minimum Gasteiger partial charge on any atom is -0.369 e. The Balaban J connectivity index is 2.32. The van der Waals surface area contributed by atoms with Gasteiger partial charge in [0.1, 0.15) is 0 Å². The first-order valence-electron chi connectivity index (χ1n) is 5.90. The number of carbonyl (C=O) groups is 2. The van der Waals surface area contributed by atoms with Gasteiger partial charge < -0.3 is 21.7 Å². The molecule has 0 spiro atoms. The molecule has 0 aromatic rings. The molecular weight excluding hydrogens is 220 g/mol. The van der Waals surface area contributed by atoms with Crippen molar-refractivity contribution in [2.24, 2.45) is 16.9 Å². The second-order valence-corrected chi connectivity index (χ2v) is 5.23. The summed E-state index contributed by atoms with van der Waals surface area (Å²) in [6.07, 6.45) is 1.72. The molecule has 1 saturated heterocycles. The fourth-order valence-electron chi connectivity index (χ4n) is 1.79. The lowest BCUT2D eigenvalue weighted by atomic mass is 9.91. The number of nitrogens with two attached hydrogens (primary N) is 2. The predicted octanol–water partition coefficient (Wildman–Crippen LogP) is -0.369. The molecule has 0 saturated carbocycles. The molecule has 0 bridgehead atoms. The van der Waals surface area contributed by atoms with Gasteiger partial charge in [0.05, 0.1) is 5.41 Å². The average Bonchev–Trinajstić information content (AvgIpc) is 2.27. The molecule has 1 aliphatic rings. The van der Waals surface area contributed by atoms with Crippen LogP contribution < -0.4 is 16.8 Å². The molecule has 6 heteroatoms. The standard InChI is InChI=1S/C11H22N4O2/c1-11(2,9(12)16)7-14-8-3-5-15(6-4-8)10(13)17/h8,14H,3-7H2,1-2H3,(H2,12,16)(H2,13,17). The Kier molecular flexibility index (Phi) is 4.34. The van der Waals surface area contributed by atoms with Crippen molar-refractivity contribution in [2.75, 3.05) is 19.6 Å². The second kappa shape index (κ2) is 5.35. The Morgan fingerprint density at radius 3 is 2.24 bits per heavy atom. The van der Waals surface area contributed by atoms with E-state index in [-0.39, 0.29) is 11.9 Å². The van der Waals surface area contributed by atoms with E-state index in [2.05, 4.69) is 5.32 Å². The Hall–Kier alpha value is -1.30. The summed E-state index contributed by atoms with van der Waals surface area (Å²) in [6, 6.07) is -0.0369. The molecule has 0 unspecified atom stereocenters. The van der Waals surface area contributed by atoms with E-state index in [0.29, 0.717) is 25.7 Å². The number of hydrogen-bond acceptors (Lipinski definition) is 3. The lowest BCUT2D eigenvalue weighted by molar-refractivity contribution is -0.125. The van der Waals surface area contributed by atoms with Crippen molar-refractivity contribution >= 4 is 11.9 Å². The normalized spacial score (nSPS) is 18.1. The maximum Gasteiger partial charge on any atom is 0.314 e. The van der Waals surface area contributed by atoms with Gasteiger partial charge in [-0.05, 0) is 26.7 Å². The van der Waals surface area contributed by atoms with Gasteiger partial charge in [-0.15, -0.1) is 0 Å². The highest BCUT2D eigenvalue weighted by Gasteiger charge is 2.27. The van der Waals surface area contributed by atoms with Crippen LogP contribution in [0.15, 0.2) is 0 Å². The van der Waals surface area contributed by atoms with E-state index in [1.807, 2.05) is 13.8 Å². The first-order chi connectivity index (χ1) is 7.83. The van der Waals surface area contributed by atoms with Crippen LogP contribution in [0.25, 0.3) is 0 Å². The van der Waals surface area contributed by atoms with E-state index < -0.39 is 5.41 Å². The van der Waals surface area contributed by atoms with Crippen LogP contribution in [0, 0.1) is 5.41 Å². The first-order valence-corrected chi connectivity index (χ1v) is 5.90. The second-order valence-electron chi connectivity index (χ2n) is 5.23. The summed E-state index contributed by atoms with van der Waals surface area (Å²) >= 11 is 0. The van der Waals surface area contributed by atoms with E-state index in [1.54, 1.807) is 4.90 Å². The van der Waals surface area contributed by atoms with Crippen LogP contribution in [-0.4, -0.2) is 42.5 Å². The van der Waals surface area contributed by atoms with Crippen molar-refractivity contribution in [3.05, 3.63) is 0 Å². The number of nitrogens with one attached hydrogen (secondary N) is 1. The van der Waals surface area contributed by atoms with Crippen LogP contribution in [0.1, 0.15) is 26.7 Å². The fourth-order valence-corrected chi connectivity index (χ4v) is 1.79. The number of carbonyl (C=O) groups excluding carboxylic acids is 2. The molecule has 6 nitrogen and oxygen atoms in total. The molecule has 17 heavy (non-hydrogen) atoms. The molecule has 5 N–H and O–H groups in total. The number of nitrogens with zero attached hydrogens (tertiary/aromatic N) is 1. The number of piperidine rings is 1. The van der Waals surface area contributed by atoms with Crippen molar-refractivity contribution < 1.29 is 9.59 Å². The van der Waals surface area contributed by atoms with Gasteiger partial charge in [0.2, 0.25) is 5.91 Å². The van der Waals surface area contributed by atoms with E-state index in [1.165, 1.54) is 0 Å². The largest absolute Gasteiger partial charge is 0.369 e. The zero-order valence-corrected chi connectivity index (χ0v) is 10.5. The van der Waals surface area contributed by atoms with Gasteiger partial charge in [0.15, 0.2) is 0 Å². The highest BCUT2D eigenvalue weighted by molar-refractivity contribution is 5.80. The SMILES string of the molecule is CC(C)(CNC1CCN(C(N)=O)CC1)C(N)=O. The maximum atomic E-state index is 11.1. The van der Waals surface area contributed by atoms with E-state index in [9.17, 15) is 9.59 Å². The monoisotopic (exact) mass is 242 g/mol. The third-order valence-corrected chi connectivity index (χ3v) is 3.31. The van der Waals surface area contributed by atoms with Gasteiger partial charge in [-0.25, -0.2) is 4.79 Å². The van der Waals surface area contributed by atoms with Gasteiger partial charge in [0, 0.05) is 25.7 Å². The van der Waals surface area contributed by atoms with Crippen molar-refractivity contribution in [1.29, 1.82) is 0 Å². The summed E-state index contributed by atoms with van der Waals surface area (Å²) in [5.74, 6) is -0.306. The highest BCUT2D eigenvalue weighted by Crippen LogP contribution is 2.15. The maximum absolute atomic E-state index is 11.1. The predicted molar refractivity (Wildman–Crippen MR) is 65.2 cm³/mol. The number of primary amides is 2.